The van der Waals surface area contributed by atoms with Crippen molar-refractivity contribution in [1.82, 2.24) is 4.31 Å². The summed E-state index contributed by atoms with van der Waals surface area (Å²) in [5.41, 5.74) is 3.05. The SMILES string of the molecule is N=C(N)N(S)C(=O)c1c(F)c(F)c(F)c(F)c1F. The van der Waals surface area contributed by atoms with Gasteiger partial charge in [0.15, 0.2) is 23.3 Å². The van der Waals surface area contributed by atoms with Crippen LogP contribution in [0.25, 0.3) is 0 Å². The molecule has 0 spiro atoms. The Hall–Kier alpha value is -1.84. The number of benzene rings is 1. The molecule has 0 atom stereocenters. The molecule has 0 saturated carbocycles. The van der Waals surface area contributed by atoms with Crippen molar-refractivity contribution in [2.24, 2.45) is 5.73 Å². The van der Waals surface area contributed by atoms with Crippen LogP contribution in [-0.4, -0.2) is 16.2 Å². The molecule has 18 heavy (non-hydrogen) atoms. The maximum absolute atomic E-state index is 13.2. The Kier molecular flexibility index (Phi) is 3.79. The average molecular weight is 285 g/mol. The maximum atomic E-state index is 13.2. The van der Waals surface area contributed by atoms with Crippen LogP contribution in [0.15, 0.2) is 0 Å². The van der Waals surface area contributed by atoms with Gasteiger partial charge < -0.3 is 5.73 Å². The van der Waals surface area contributed by atoms with Gasteiger partial charge in [-0.15, -0.1) is 0 Å². The average Bonchev–Trinajstić information content (AvgIpc) is 2.32. The van der Waals surface area contributed by atoms with E-state index < -0.39 is 46.5 Å². The molecule has 0 fully saturated rings. The third-order valence-corrected chi connectivity index (χ3v) is 2.24. The van der Waals surface area contributed by atoms with Crippen molar-refractivity contribution < 1.29 is 26.7 Å². The van der Waals surface area contributed by atoms with Crippen LogP contribution in [0.5, 0.6) is 0 Å². The predicted octanol–water partition coefficient (Wildman–Crippen LogP) is 1.56. The molecular weight excluding hydrogens is 281 g/mol. The van der Waals surface area contributed by atoms with Gasteiger partial charge in [0, 0.05) is 0 Å². The lowest BCUT2D eigenvalue weighted by Crippen LogP contribution is -2.35. The Morgan fingerprint density at radius 1 is 1.00 bits per heavy atom. The van der Waals surface area contributed by atoms with Gasteiger partial charge in [-0.1, -0.05) is 12.8 Å². The summed E-state index contributed by atoms with van der Waals surface area (Å²) < 4.78 is 64.5. The fraction of sp³-hybridized carbons (Fsp3) is 0. The van der Waals surface area contributed by atoms with Crippen molar-refractivity contribution >= 4 is 24.7 Å². The van der Waals surface area contributed by atoms with Gasteiger partial charge in [-0.05, 0) is 0 Å². The molecule has 0 heterocycles. The van der Waals surface area contributed by atoms with Gasteiger partial charge in [-0.25, -0.2) is 26.3 Å². The molecular formula is C8H4F5N3OS. The van der Waals surface area contributed by atoms with E-state index in [1.807, 2.05) is 0 Å². The first-order valence-corrected chi connectivity index (χ1v) is 4.48. The first-order valence-electron chi connectivity index (χ1n) is 4.08. The van der Waals surface area contributed by atoms with Crippen LogP contribution >= 0.6 is 12.8 Å². The molecule has 0 aliphatic heterocycles. The van der Waals surface area contributed by atoms with Crippen molar-refractivity contribution in [3.05, 3.63) is 34.6 Å². The molecule has 4 nitrogen and oxygen atoms in total. The number of hydrogen-bond acceptors (Lipinski definition) is 3. The minimum atomic E-state index is -2.39. The second kappa shape index (κ2) is 4.80. The van der Waals surface area contributed by atoms with Crippen molar-refractivity contribution in [1.29, 1.82) is 5.41 Å². The summed E-state index contributed by atoms with van der Waals surface area (Å²) in [5.74, 6) is -14.4. The first kappa shape index (κ1) is 14.2. The third kappa shape index (κ3) is 2.10. The molecule has 0 aromatic heterocycles. The second-order valence-corrected chi connectivity index (χ2v) is 3.35. The summed E-state index contributed by atoms with van der Waals surface area (Å²) >= 11 is 3.28. The predicted molar refractivity (Wildman–Crippen MR) is 53.3 cm³/mol. The normalized spacial score (nSPS) is 10.3. The van der Waals surface area contributed by atoms with Gasteiger partial charge in [-0.2, -0.15) is 0 Å². The lowest BCUT2D eigenvalue weighted by atomic mass is 10.1. The lowest BCUT2D eigenvalue weighted by Gasteiger charge is -2.14. The summed E-state index contributed by atoms with van der Waals surface area (Å²) in [5, 5.41) is 6.77. The van der Waals surface area contributed by atoms with E-state index in [1.54, 1.807) is 0 Å². The fourth-order valence-electron chi connectivity index (χ4n) is 1.01. The number of amides is 1. The number of nitrogens with two attached hydrogens (primary N) is 1. The zero-order valence-electron chi connectivity index (χ0n) is 8.27. The molecule has 0 radical (unpaired) electrons. The molecule has 1 amide bonds. The minimum Gasteiger partial charge on any atom is -0.369 e. The molecule has 0 bridgehead atoms. The molecule has 1 rings (SSSR count). The number of halogens is 5. The van der Waals surface area contributed by atoms with E-state index in [0.29, 0.717) is 0 Å². The second-order valence-electron chi connectivity index (χ2n) is 2.95. The summed E-state index contributed by atoms with van der Waals surface area (Å²) in [6.45, 7) is 0. The van der Waals surface area contributed by atoms with Crippen molar-refractivity contribution in [3.8, 4) is 0 Å². The number of nitrogens with one attached hydrogen (secondary N) is 1. The number of guanidine groups is 1. The van der Waals surface area contributed by atoms with Crippen LogP contribution < -0.4 is 5.73 Å². The minimum absolute atomic E-state index is 0.0712. The van der Waals surface area contributed by atoms with Crippen LogP contribution in [0.1, 0.15) is 10.4 Å². The molecule has 0 saturated heterocycles. The number of hydrogen-bond donors (Lipinski definition) is 3. The maximum Gasteiger partial charge on any atom is 0.276 e. The summed E-state index contributed by atoms with van der Waals surface area (Å²) in [4.78, 5) is 11.3. The largest absolute Gasteiger partial charge is 0.369 e. The van der Waals surface area contributed by atoms with E-state index in [9.17, 15) is 26.7 Å². The molecule has 1 aromatic carbocycles. The quantitative estimate of drug-likeness (QED) is 0.183. The summed E-state index contributed by atoms with van der Waals surface area (Å²) in [6.07, 6.45) is 0. The van der Waals surface area contributed by atoms with E-state index in [0.717, 1.165) is 0 Å². The Balaban J connectivity index is 3.52. The Morgan fingerprint density at radius 2 is 1.33 bits per heavy atom. The number of carbonyl (C=O) groups excluding carboxylic acids is 1. The highest BCUT2D eigenvalue weighted by atomic mass is 32.1. The van der Waals surface area contributed by atoms with Crippen LogP contribution in [0, 0.1) is 34.5 Å². The summed E-state index contributed by atoms with van der Waals surface area (Å²) in [7, 11) is 0. The molecule has 0 aliphatic carbocycles. The highest BCUT2D eigenvalue weighted by molar-refractivity contribution is 7.79. The van der Waals surface area contributed by atoms with Crippen LogP contribution in [0.3, 0.4) is 0 Å². The Bertz CT molecular complexity index is 521. The monoisotopic (exact) mass is 285 g/mol. The first-order chi connectivity index (χ1) is 8.20. The Morgan fingerprint density at radius 3 is 1.67 bits per heavy atom. The van der Waals surface area contributed by atoms with E-state index >= 15 is 0 Å². The Labute approximate surface area is 102 Å². The fourth-order valence-corrected chi connectivity index (χ4v) is 1.11. The van der Waals surface area contributed by atoms with E-state index in [2.05, 4.69) is 12.8 Å². The van der Waals surface area contributed by atoms with Crippen molar-refractivity contribution in [2.75, 3.05) is 0 Å². The van der Waals surface area contributed by atoms with E-state index in [-0.39, 0.29) is 4.31 Å². The highest BCUT2D eigenvalue weighted by Gasteiger charge is 2.32. The highest BCUT2D eigenvalue weighted by Crippen LogP contribution is 2.24. The number of thiol groups is 1. The van der Waals surface area contributed by atoms with Crippen molar-refractivity contribution in [2.45, 2.75) is 0 Å². The van der Waals surface area contributed by atoms with Gasteiger partial charge in [0.05, 0.1) is 0 Å². The van der Waals surface area contributed by atoms with E-state index in [1.165, 1.54) is 0 Å². The van der Waals surface area contributed by atoms with Crippen molar-refractivity contribution in [3.63, 3.8) is 0 Å². The smallest absolute Gasteiger partial charge is 0.276 e. The molecule has 1 aromatic rings. The van der Waals surface area contributed by atoms with Gasteiger partial charge in [0.2, 0.25) is 11.8 Å². The van der Waals surface area contributed by atoms with E-state index in [4.69, 9.17) is 11.1 Å². The zero-order valence-corrected chi connectivity index (χ0v) is 9.16. The standard InChI is InChI=1S/C8H4F5N3OS/c9-2-1(7(17)16(18)8(14)15)3(10)5(12)6(13)4(2)11/h18H,(H3,14,15). The topological polar surface area (TPSA) is 70.2 Å². The van der Waals surface area contributed by atoms with Crippen LogP contribution in [0.2, 0.25) is 0 Å². The third-order valence-electron chi connectivity index (χ3n) is 1.84. The zero-order chi connectivity index (χ0) is 14.2. The number of nitrogens with zero attached hydrogens (tertiary/aromatic N) is 1. The molecule has 0 aliphatic rings. The summed E-state index contributed by atoms with van der Waals surface area (Å²) in [6, 6.07) is 0. The lowest BCUT2D eigenvalue weighted by molar-refractivity contribution is 0.0908. The van der Waals surface area contributed by atoms with Gasteiger partial charge in [0.1, 0.15) is 5.56 Å². The van der Waals surface area contributed by atoms with Crippen LogP contribution in [0.4, 0.5) is 22.0 Å². The van der Waals surface area contributed by atoms with Gasteiger partial charge >= 0.3 is 0 Å². The number of carbonyl (C=O) groups is 1. The molecule has 98 valence electrons. The van der Waals surface area contributed by atoms with Crippen LogP contribution in [-0.2, 0) is 0 Å². The van der Waals surface area contributed by atoms with Gasteiger partial charge in [-0.3, -0.25) is 10.2 Å². The molecule has 10 heteroatoms. The molecule has 0 unspecified atom stereocenters. The molecule has 3 N–H and O–H groups in total. The number of rotatable bonds is 1. The van der Waals surface area contributed by atoms with Gasteiger partial charge in [0.25, 0.3) is 5.91 Å².